The molecule has 0 radical (unpaired) electrons. The first kappa shape index (κ1) is 14.3. The highest BCUT2D eigenvalue weighted by molar-refractivity contribution is 6.30. The molecule has 0 heterocycles. The summed E-state index contributed by atoms with van der Waals surface area (Å²) >= 11 is 5.70. The molecule has 0 spiro atoms. The Morgan fingerprint density at radius 1 is 1.53 bits per heavy atom. The summed E-state index contributed by atoms with van der Waals surface area (Å²) in [5.41, 5.74) is 0.555. The zero-order valence-corrected chi connectivity index (χ0v) is 12.0. The highest BCUT2D eigenvalue weighted by atomic mass is 35.5. The van der Waals surface area contributed by atoms with E-state index in [1.54, 1.807) is 6.07 Å². The van der Waals surface area contributed by atoms with Crippen molar-refractivity contribution < 1.29 is 4.39 Å². The Hall–Kier alpha value is -1.07. The van der Waals surface area contributed by atoms with Crippen LogP contribution in [0.3, 0.4) is 0 Å². The minimum Gasteiger partial charge on any atom is -0.205 e. The maximum absolute atomic E-state index is 13.5. The van der Waals surface area contributed by atoms with Crippen molar-refractivity contribution in [2.75, 3.05) is 0 Å². The van der Waals surface area contributed by atoms with Crippen LogP contribution in [-0.4, -0.2) is 0 Å². The van der Waals surface area contributed by atoms with Crippen molar-refractivity contribution in [3.05, 3.63) is 34.6 Å². The van der Waals surface area contributed by atoms with Crippen molar-refractivity contribution in [3.8, 4) is 6.07 Å². The van der Waals surface area contributed by atoms with E-state index >= 15 is 0 Å². The Labute approximate surface area is 119 Å². The van der Waals surface area contributed by atoms with E-state index in [1.807, 2.05) is 6.07 Å². The maximum Gasteiger partial charge on any atom is 0.142 e. The molecule has 1 fully saturated rings. The lowest BCUT2D eigenvalue weighted by Crippen LogP contribution is -2.29. The molecule has 0 amide bonds. The minimum absolute atomic E-state index is 0.143. The monoisotopic (exact) mass is 279 g/mol. The van der Waals surface area contributed by atoms with Crippen LogP contribution >= 0.6 is 11.6 Å². The van der Waals surface area contributed by atoms with E-state index in [2.05, 4.69) is 13.0 Å². The molecule has 0 aliphatic heterocycles. The first-order valence-corrected chi connectivity index (χ1v) is 7.31. The van der Waals surface area contributed by atoms with Crippen molar-refractivity contribution >= 4 is 11.6 Å². The van der Waals surface area contributed by atoms with Gasteiger partial charge < -0.3 is 0 Å². The normalized spacial score (nSPS) is 26.9. The van der Waals surface area contributed by atoms with Gasteiger partial charge in [-0.1, -0.05) is 43.9 Å². The maximum atomic E-state index is 13.5. The van der Waals surface area contributed by atoms with Crippen LogP contribution in [0.4, 0.5) is 4.39 Å². The van der Waals surface area contributed by atoms with E-state index in [-0.39, 0.29) is 10.4 Å². The summed E-state index contributed by atoms with van der Waals surface area (Å²) in [6.07, 6.45) is 5.93. The number of hydrogen-bond donors (Lipinski definition) is 0. The predicted molar refractivity (Wildman–Crippen MR) is 75.4 cm³/mol. The fourth-order valence-electron chi connectivity index (χ4n) is 3.18. The minimum atomic E-state index is -0.393. The van der Waals surface area contributed by atoms with E-state index in [1.165, 1.54) is 12.5 Å². The third kappa shape index (κ3) is 3.28. The van der Waals surface area contributed by atoms with Gasteiger partial charge in [0.25, 0.3) is 0 Å². The van der Waals surface area contributed by atoms with Crippen molar-refractivity contribution in [3.63, 3.8) is 0 Å². The number of hydrogen-bond acceptors (Lipinski definition) is 1. The fourth-order valence-corrected chi connectivity index (χ4v) is 3.29. The van der Waals surface area contributed by atoms with Gasteiger partial charge in [-0.05, 0) is 42.9 Å². The molecule has 0 bridgehead atoms. The summed E-state index contributed by atoms with van der Waals surface area (Å²) in [4.78, 5) is 0. The Kier molecular flexibility index (Phi) is 4.47. The average Bonchev–Trinajstić information content (AvgIpc) is 2.43. The van der Waals surface area contributed by atoms with Gasteiger partial charge in [-0.25, -0.2) is 4.39 Å². The SMILES string of the molecule is CCC1CCCC(C#N)(Cc2ccc(Cl)c(F)c2)C1. The third-order valence-electron chi connectivity index (χ3n) is 4.29. The fraction of sp³-hybridized carbons (Fsp3) is 0.562. The Morgan fingerprint density at radius 3 is 2.95 bits per heavy atom. The first-order chi connectivity index (χ1) is 9.08. The number of rotatable bonds is 3. The van der Waals surface area contributed by atoms with Crippen molar-refractivity contribution in [2.24, 2.45) is 11.3 Å². The summed E-state index contributed by atoms with van der Waals surface area (Å²) in [5, 5.41) is 9.71. The molecule has 2 unspecified atom stereocenters. The van der Waals surface area contributed by atoms with E-state index in [4.69, 9.17) is 11.6 Å². The van der Waals surface area contributed by atoms with Crippen molar-refractivity contribution in [1.82, 2.24) is 0 Å². The highest BCUT2D eigenvalue weighted by Crippen LogP contribution is 2.42. The largest absolute Gasteiger partial charge is 0.205 e. The molecule has 1 aromatic rings. The van der Waals surface area contributed by atoms with E-state index < -0.39 is 5.82 Å². The number of nitrogens with zero attached hydrogens (tertiary/aromatic N) is 1. The summed E-state index contributed by atoms with van der Waals surface area (Å²) in [6, 6.07) is 7.39. The van der Waals surface area contributed by atoms with Gasteiger partial charge in [-0.15, -0.1) is 0 Å². The molecule has 1 aliphatic rings. The Bertz CT molecular complexity index is 494. The van der Waals surface area contributed by atoms with E-state index in [0.717, 1.165) is 31.2 Å². The average molecular weight is 280 g/mol. The zero-order chi connectivity index (χ0) is 13.9. The van der Waals surface area contributed by atoms with E-state index in [0.29, 0.717) is 12.3 Å². The summed E-state index contributed by atoms with van der Waals surface area (Å²) < 4.78 is 13.5. The molecule has 3 heteroatoms. The van der Waals surface area contributed by atoms with Crippen LogP contribution in [0.15, 0.2) is 18.2 Å². The molecule has 0 saturated heterocycles. The van der Waals surface area contributed by atoms with Gasteiger partial charge in [0.05, 0.1) is 16.5 Å². The molecule has 102 valence electrons. The molecule has 1 aromatic carbocycles. The van der Waals surface area contributed by atoms with Crippen LogP contribution < -0.4 is 0 Å². The zero-order valence-electron chi connectivity index (χ0n) is 11.3. The van der Waals surface area contributed by atoms with Crippen LogP contribution in [0.2, 0.25) is 5.02 Å². The van der Waals surface area contributed by atoms with Gasteiger partial charge in [0.2, 0.25) is 0 Å². The second-order valence-electron chi connectivity index (χ2n) is 5.69. The van der Waals surface area contributed by atoms with Crippen LogP contribution in [0, 0.1) is 28.5 Å². The second kappa shape index (κ2) is 5.92. The molecule has 2 rings (SSSR count). The number of nitriles is 1. The van der Waals surface area contributed by atoms with Gasteiger partial charge in [0.1, 0.15) is 5.82 Å². The molecule has 1 nitrogen and oxygen atoms in total. The summed E-state index contributed by atoms with van der Waals surface area (Å²) in [5.74, 6) is 0.237. The highest BCUT2D eigenvalue weighted by Gasteiger charge is 2.36. The topological polar surface area (TPSA) is 23.8 Å². The van der Waals surface area contributed by atoms with Crippen LogP contribution in [-0.2, 0) is 6.42 Å². The first-order valence-electron chi connectivity index (χ1n) is 6.94. The molecule has 0 aromatic heterocycles. The number of benzene rings is 1. The van der Waals surface area contributed by atoms with Gasteiger partial charge in [0.15, 0.2) is 0 Å². The van der Waals surface area contributed by atoms with Crippen LogP contribution in [0.5, 0.6) is 0 Å². The third-order valence-corrected chi connectivity index (χ3v) is 4.59. The lowest BCUT2D eigenvalue weighted by molar-refractivity contribution is 0.194. The summed E-state index contributed by atoms with van der Waals surface area (Å²) in [7, 11) is 0. The molecule has 0 N–H and O–H groups in total. The molecule has 1 aliphatic carbocycles. The molecule has 2 atom stereocenters. The van der Waals surface area contributed by atoms with E-state index in [9.17, 15) is 9.65 Å². The quantitative estimate of drug-likeness (QED) is 0.752. The molecule has 19 heavy (non-hydrogen) atoms. The summed E-state index contributed by atoms with van der Waals surface area (Å²) in [6.45, 7) is 2.18. The van der Waals surface area contributed by atoms with Gasteiger partial charge in [-0.3, -0.25) is 0 Å². The van der Waals surface area contributed by atoms with Crippen molar-refractivity contribution in [2.45, 2.75) is 45.4 Å². The van der Waals surface area contributed by atoms with Gasteiger partial charge in [-0.2, -0.15) is 5.26 Å². The number of halogens is 2. The lowest BCUT2D eigenvalue weighted by Gasteiger charge is -2.35. The smallest absolute Gasteiger partial charge is 0.142 e. The standard InChI is InChI=1S/C16H19ClFN/c1-2-12-4-3-7-16(9-12,11-19)10-13-5-6-14(17)15(18)8-13/h5-6,8,12H,2-4,7,9-10H2,1H3. The molecular weight excluding hydrogens is 261 g/mol. The van der Waals surface area contributed by atoms with Gasteiger partial charge in [0, 0.05) is 0 Å². The van der Waals surface area contributed by atoms with Crippen molar-refractivity contribution in [1.29, 1.82) is 5.26 Å². The molecular formula is C16H19ClFN. The van der Waals surface area contributed by atoms with Crippen LogP contribution in [0.25, 0.3) is 0 Å². The van der Waals surface area contributed by atoms with Crippen LogP contribution in [0.1, 0.15) is 44.6 Å². The lowest BCUT2D eigenvalue weighted by atomic mass is 9.67. The predicted octanol–water partition coefficient (Wildman–Crippen LogP) is 5.13. The Morgan fingerprint density at radius 2 is 2.32 bits per heavy atom. The van der Waals surface area contributed by atoms with Gasteiger partial charge >= 0.3 is 0 Å². The Balaban J connectivity index is 2.18. The molecule has 1 saturated carbocycles. The second-order valence-corrected chi connectivity index (χ2v) is 6.10.